The Morgan fingerprint density at radius 2 is 2.21 bits per heavy atom. The van der Waals surface area contributed by atoms with Gasteiger partial charge in [-0.15, -0.1) is 11.3 Å². The lowest BCUT2D eigenvalue weighted by atomic mass is 9.95. The van der Waals surface area contributed by atoms with E-state index in [4.69, 9.17) is 0 Å². The monoisotopic (exact) mass is 276 g/mol. The molecule has 2 aromatic heterocycles. The van der Waals surface area contributed by atoms with Gasteiger partial charge in [0.2, 0.25) is 5.95 Å². The Labute approximate surface area is 117 Å². The third-order valence-corrected chi connectivity index (χ3v) is 4.50. The minimum absolute atomic E-state index is 0.624. The van der Waals surface area contributed by atoms with Gasteiger partial charge in [0, 0.05) is 23.3 Å². The highest BCUT2D eigenvalue weighted by Crippen LogP contribution is 2.30. The van der Waals surface area contributed by atoms with E-state index in [1.54, 1.807) is 11.3 Å². The summed E-state index contributed by atoms with van der Waals surface area (Å²) >= 11 is 1.68. The van der Waals surface area contributed by atoms with Crippen LogP contribution in [0, 0.1) is 6.92 Å². The minimum atomic E-state index is 0.624. The van der Waals surface area contributed by atoms with Crippen LogP contribution in [0.25, 0.3) is 0 Å². The molecule has 0 aliphatic heterocycles. The van der Waals surface area contributed by atoms with E-state index < -0.39 is 0 Å². The van der Waals surface area contributed by atoms with Gasteiger partial charge in [-0.05, 0) is 19.8 Å². The Bertz CT molecular complexity index is 512. The van der Waals surface area contributed by atoms with Gasteiger partial charge in [0.05, 0.1) is 17.7 Å². The smallest absolute Gasteiger partial charge is 0.203 e. The minimum Gasteiger partial charge on any atom is -0.351 e. The zero-order chi connectivity index (χ0) is 13.1. The molecule has 0 bridgehead atoms. The number of imidazole rings is 1. The molecule has 1 aliphatic carbocycles. The molecule has 3 rings (SSSR count). The van der Waals surface area contributed by atoms with Gasteiger partial charge in [-0.2, -0.15) is 0 Å². The second kappa shape index (κ2) is 5.74. The van der Waals surface area contributed by atoms with E-state index >= 15 is 0 Å². The van der Waals surface area contributed by atoms with E-state index in [0.717, 1.165) is 18.2 Å². The van der Waals surface area contributed by atoms with Crippen LogP contribution in [0.15, 0.2) is 17.9 Å². The van der Waals surface area contributed by atoms with Crippen LogP contribution in [-0.2, 0) is 6.54 Å². The lowest BCUT2D eigenvalue weighted by Gasteiger charge is -2.24. The van der Waals surface area contributed by atoms with Crippen molar-refractivity contribution in [3.05, 3.63) is 28.5 Å². The van der Waals surface area contributed by atoms with Gasteiger partial charge in [-0.1, -0.05) is 19.3 Å². The first-order valence-corrected chi connectivity index (χ1v) is 7.87. The Morgan fingerprint density at radius 1 is 1.37 bits per heavy atom. The second-order valence-electron chi connectivity index (χ2n) is 5.23. The Morgan fingerprint density at radius 3 is 2.95 bits per heavy atom. The Kier molecular flexibility index (Phi) is 3.82. The first-order chi connectivity index (χ1) is 9.33. The molecule has 5 heteroatoms. The lowest BCUT2D eigenvalue weighted by Crippen LogP contribution is -2.15. The molecule has 0 atom stereocenters. The number of aryl methyl sites for hydroxylation is 1. The number of aromatic nitrogens is 3. The van der Waals surface area contributed by atoms with Gasteiger partial charge < -0.3 is 9.88 Å². The Balaban J connectivity index is 1.72. The summed E-state index contributed by atoms with van der Waals surface area (Å²) in [7, 11) is 0. The molecular weight excluding hydrogens is 256 g/mol. The van der Waals surface area contributed by atoms with Gasteiger partial charge in [-0.3, -0.25) is 4.98 Å². The molecular formula is C14H20N4S. The molecule has 0 aromatic carbocycles. The average molecular weight is 276 g/mol. The highest BCUT2D eigenvalue weighted by Gasteiger charge is 2.18. The van der Waals surface area contributed by atoms with E-state index in [1.165, 1.54) is 37.0 Å². The largest absolute Gasteiger partial charge is 0.351 e. The fourth-order valence-corrected chi connectivity index (χ4v) is 3.31. The third-order valence-electron chi connectivity index (χ3n) is 3.73. The zero-order valence-electron chi connectivity index (χ0n) is 11.3. The maximum absolute atomic E-state index is 4.62. The molecule has 102 valence electrons. The summed E-state index contributed by atoms with van der Waals surface area (Å²) in [6.45, 7) is 2.88. The summed E-state index contributed by atoms with van der Waals surface area (Å²) in [6, 6.07) is 0.624. The van der Waals surface area contributed by atoms with Crippen molar-refractivity contribution in [3.8, 4) is 0 Å². The lowest BCUT2D eigenvalue weighted by molar-refractivity contribution is 0.355. The van der Waals surface area contributed by atoms with Crippen molar-refractivity contribution in [1.29, 1.82) is 0 Å². The summed E-state index contributed by atoms with van der Waals surface area (Å²) in [5.41, 5.74) is 2.97. The predicted molar refractivity (Wildman–Crippen MR) is 78.5 cm³/mol. The highest BCUT2D eigenvalue weighted by molar-refractivity contribution is 7.09. The Hall–Kier alpha value is -1.36. The maximum atomic E-state index is 4.62. The first-order valence-electron chi connectivity index (χ1n) is 6.99. The summed E-state index contributed by atoms with van der Waals surface area (Å²) < 4.78 is 2.34. The van der Waals surface area contributed by atoms with Crippen LogP contribution < -0.4 is 5.32 Å². The molecule has 2 aromatic rings. The van der Waals surface area contributed by atoms with Gasteiger partial charge in [0.25, 0.3) is 0 Å². The van der Waals surface area contributed by atoms with Gasteiger partial charge in [-0.25, -0.2) is 4.98 Å². The molecule has 19 heavy (non-hydrogen) atoms. The number of hydrogen-bond donors (Lipinski definition) is 1. The molecule has 0 amide bonds. The van der Waals surface area contributed by atoms with E-state index in [2.05, 4.69) is 33.0 Å². The number of hydrogen-bond acceptors (Lipinski definition) is 4. The van der Waals surface area contributed by atoms with E-state index in [9.17, 15) is 0 Å². The second-order valence-corrected chi connectivity index (χ2v) is 6.20. The van der Waals surface area contributed by atoms with E-state index in [1.807, 2.05) is 11.7 Å². The fourth-order valence-electron chi connectivity index (χ4n) is 2.78. The standard InChI is InChI=1S/C14H20N4S/c1-11-9-18(12-5-3-2-4-6-12)14(17-11)16-8-13-7-15-10-19-13/h7,9-10,12H,2-6,8H2,1H3,(H,16,17). The quantitative estimate of drug-likeness (QED) is 0.924. The molecule has 0 saturated heterocycles. The number of nitrogens with zero attached hydrogens (tertiary/aromatic N) is 3. The van der Waals surface area contributed by atoms with Gasteiger partial charge >= 0.3 is 0 Å². The van der Waals surface area contributed by atoms with Crippen LogP contribution in [0.5, 0.6) is 0 Å². The van der Waals surface area contributed by atoms with Crippen molar-refractivity contribution in [3.63, 3.8) is 0 Å². The van der Waals surface area contributed by atoms with Crippen molar-refractivity contribution < 1.29 is 0 Å². The van der Waals surface area contributed by atoms with Gasteiger partial charge in [0.15, 0.2) is 0 Å². The number of nitrogens with one attached hydrogen (secondary N) is 1. The average Bonchev–Trinajstić information content (AvgIpc) is 3.06. The van der Waals surface area contributed by atoms with Crippen LogP contribution in [0.2, 0.25) is 0 Å². The topological polar surface area (TPSA) is 42.7 Å². The summed E-state index contributed by atoms with van der Waals surface area (Å²) in [4.78, 5) is 9.97. The third kappa shape index (κ3) is 2.97. The van der Waals surface area contributed by atoms with Gasteiger partial charge in [0.1, 0.15) is 0 Å². The van der Waals surface area contributed by atoms with Crippen LogP contribution in [0.4, 0.5) is 5.95 Å². The summed E-state index contributed by atoms with van der Waals surface area (Å²) in [5, 5.41) is 3.46. The summed E-state index contributed by atoms with van der Waals surface area (Å²) in [6.07, 6.45) is 10.7. The molecule has 0 spiro atoms. The number of rotatable bonds is 4. The van der Waals surface area contributed by atoms with E-state index in [-0.39, 0.29) is 0 Å². The highest BCUT2D eigenvalue weighted by atomic mass is 32.1. The number of anilines is 1. The molecule has 1 fully saturated rings. The normalized spacial score (nSPS) is 16.7. The van der Waals surface area contributed by atoms with Crippen molar-refractivity contribution in [2.75, 3.05) is 5.32 Å². The predicted octanol–water partition coefficient (Wildman–Crippen LogP) is 3.77. The van der Waals surface area contributed by atoms with Crippen molar-refractivity contribution in [1.82, 2.24) is 14.5 Å². The van der Waals surface area contributed by atoms with Crippen molar-refractivity contribution >= 4 is 17.3 Å². The van der Waals surface area contributed by atoms with Crippen LogP contribution in [0.3, 0.4) is 0 Å². The molecule has 2 heterocycles. The fraction of sp³-hybridized carbons (Fsp3) is 0.571. The molecule has 1 aliphatic rings. The molecule has 0 radical (unpaired) electrons. The van der Waals surface area contributed by atoms with Crippen molar-refractivity contribution in [2.45, 2.75) is 51.6 Å². The summed E-state index contributed by atoms with van der Waals surface area (Å²) in [5.74, 6) is 1.01. The molecule has 0 unspecified atom stereocenters. The molecule has 1 N–H and O–H groups in total. The first kappa shape index (κ1) is 12.7. The maximum Gasteiger partial charge on any atom is 0.203 e. The van der Waals surface area contributed by atoms with E-state index in [0.29, 0.717) is 6.04 Å². The number of thiazole rings is 1. The molecule has 4 nitrogen and oxygen atoms in total. The zero-order valence-corrected chi connectivity index (χ0v) is 12.1. The van der Waals surface area contributed by atoms with Crippen LogP contribution in [0.1, 0.15) is 48.7 Å². The SMILES string of the molecule is Cc1cn(C2CCCCC2)c(NCc2cncs2)n1. The van der Waals surface area contributed by atoms with Crippen molar-refractivity contribution in [2.24, 2.45) is 0 Å². The van der Waals surface area contributed by atoms with Crippen LogP contribution in [-0.4, -0.2) is 14.5 Å². The molecule has 1 saturated carbocycles. The van der Waals surface area contributed by atoms with Crippen LogP contribution >= 0.6 is 11.3 Å².